The lowest BCUT2D eigenvalue weighted by Gasteiger charge is -2.41. The first kappa shape index (κ1) is 25.3. The summed E-state index contributed by atoms with van der Waals surface area (Å²) in [5.41, 5.74) is -0.430. The number of hydrogen-bond acceptors (Lipinski definition) is 6. The molecule has 4 heterocycles. The zero-order valence-electron chi connectivity index (χ0n) is 20.6. The molecule has 1 N–H and O–H groups in total. The van der Waals surface area contributed by atoms with E-state index in [2.05, 4.69) is 29.0 Å². The van der Waals surface area contributed by atoms with Crippen LogP contribution in [0.2, 0.25) is 0 Å². The van der Waals surface area contributed by atoms with Crippen LogP contribution in [-0.4, -0.2) is 76.8 Å². The summed E-state index contributed by atoms with van der Waals surface area (Å²) in [5.74, 6) is -0.162. The summed E-state index contributed by atoms with van der Waals surface area (Å²) in [5, 5.41) is 5.07. The van der Waals surface area contributed by atoms with E-state index in [0.29, 0.717) is 50.9 Å². The fraction of sp³-hybridized carbons (Fsp3) is 0.538. The highest BCUT2D eigenvalue weighted by atomic mass is 32.1. The summed E-state index contributed by atoms with van der Waals surface area (Å²) >= 11 is 1.62. The second kappa shape index (κ2) is 11.3. The molecule has 0 spiro atoms. The van der Waals surface area contributed by atoms with Crippen LogP contribution in [0.25, 0.3) is 0 Å². The van der Waals surface area contributed by atoms with Crippen molar-refractivity contribution in [3.05, 3.63) is 52.5 Å². The molecule has 4 rings (SSSR count). The van der Waals surface area contributed by atoms with Crippen LogP contribution in [0.4, 0.5) is 4.79 Å². The Bertz CT molecular complexity index is 1000. The predicted octanol–water partition coefficient (Wildman–Crippen LogP) is 3.10. The van der Waals surface area contributed by atoms with E-state index in [1.54, 1.807) is 29.8 Å². The SMILES string of the molecule is CCN(CC)CCC(=O)N1CCC([C@]2(c3cccnc3)NC(=O)N(CCc3cccs3)C2=O)CC1. The lowest BCUT2D eigenvalue weighted by molar-refractivity contribution is -0.136. The van der Waals surface area contributed by atoms with Crippen LogP contribution in [0, 0.1) is 5.92 Å². The summed E-state index contributed by atoms with van der Waals surface area (Å²) in [6, 6.07) is 7.31. The van der Waals surface area contributed by atoms with Crippen molar-refractivity contribution >= 4 is 29.2 Å². The van der Waals surface area contributed by atoms with Crippen LogP contribution in [0.5, 0.6) is 0 Å². The topological polar surface area (TPSA) is 85.8 Å². The number of pyridine rings is 1. The fourth-order valence-electron chi connectivity index (χ4n) is 5.29. The second-order valence-corrected chi connectivity index (χ2v) is 10.2. The van der Waals surface area contributed by atoms with E-state index in [0.717, 1.165) is 24.5 Å². The zero-order chi connectivity index (χ0) is 24.8. The predicted molar refractivity (Wildman–Crippen MR) is 136 cm³/mol. The number of likely N-dealkylation sites (tertiary alicyclic amines) is 1. The van der Waals surface area contributed by atoms with Gasteiger partial charge in [-0.2, -0.15) is 0 Å². The van der Waals surface area contributed by atoms with E-state index in [4.69, 9.17) is 0 Å². The first-order valence-electron chi connectivity index (χ1n) is 12.6. The Morgan fingerprint density at radius 3 is 2.60 bits per heavy atom. The van der Waals surface area contributed by atoms with Gasteiger partial charge in [-0.05, 0) is 55.8 Å². The van der Waals surface area contributed by atoms with E-state index in [9.17, 15) is 14.4 Å². The highest BCUT2D eigenvalue weighted by Crippen LogP contribution is 2.41. The van der Waals surface area contributed by atoms with E-state index in [-0.39, 0.29) is 23.8 Å². The first-order valence-corrected chi connectivity index (χ1v) is 13.4. The Balaban J connectivity index is 1.48. The molecule has 0 aliphatic carbocycles. The van der Waals surface area contributed by atoms with Crippen LogP contribution in [-0.2, 0) is 21.5 Å². The lowest BCUT2D eigenvalue weighted by atomic mass is 9.73. The average Bonchev–Trinajstić information content (AvgIpc) is 3.50. The zero-order valence-corrected chi connectivity index (χ0v) is 21.4. The van der Waals surface area contributed by atoms with Gasteiger partial charge in [0.1, 0.15) is 0 Å². The molecule has 8 nitrogen and oxygen atoms in total. The Labute approximate surface area is 211 Å². The number of urea groups is 1. The summed E-state index contributed by atoms with van der Waals surface area (Å²) in [6.07, 6.45) is 5.80. The van der Waals surface area contributed by atoms with Crippen molar-refractivity contribution in [1.29, 1.82) is 0 Å². The van der Waals surface area contributed by atoms with Gasteiger partial charge in [0.2, 0.25) is 5.91 Å². The van der Waals surface area contributed by atoms with Gasteiger partial charge < -0.3 is 15.1 Å². The monoisotopic (exact) mass is 497 g/mol. The Kier molecular flexibility index (Phi) is 8.18. The maximum atomic E-state index is 13.9. The van der Waals surface area contributed by atoms with Crippen LogP contribution in [0.15, 0.2) is 42.0 Å². The minimum absolute atomic E-state index is 0.110. The van der Waals surface area contributed by atoms with Crippen molar-refractivity contribution in [2.75, 3.05) is 39.3 Å². The quantitative estimate of drug-likeness (QED) is 0.510. The molecule has 4 amide bonds. The molecule has 0 unspecified atom stereocenters. The molecule has 0 bridgehead atoms. The molecule has 0 radical (unpaired) electrons. The molecule has 2 saturated heterocycles. The Hall–Kier alpha value is -2.78. The molecule has 2 aliphatic rings. The third-order valence-corrected chi connectivity index (χ3v) is 8.34. The van der Waals surface area contributed by atoms with Crippen LogP contribution >= 0.6 is 11.3 Å². The van der Waals surface area contributed by atoms with Crippen molar-refractivity contribution in [3.8, 4) is 0 Å². The molecule has 0 aromatic carbocycles. The van der Waals surface area contributed by atoms with Gasteiger partial charge in [0, 0.05) is 55.4 Å². The van der Waals surface area contributed by atoms with Crippen molar-refractivity contribution in [2.45, 2.75) is 45.1 Å². The van der Waals surface area contributed by atoms with Gasteiger partial charge in [0.15, 0.2) is 5.54 Å². The van der Waals surface area contributed by atoms with Crippen LogP contribution < -0.4 is 5.32 Å². The summed E-state index contributed by atoms with van der Waals surface area (Å²) in [4.78, 5) is 50.7. The number of nitrogens with zero attached hydrogens (tertiary/aromatic N) is 4. The lowest BCUT2D eigenvalue weighted by Crippen LogP contribution is -2.54. The minimum Gasteiger partial charge on any atom is -0.343 e. The molecule has 2 aromatic heterocycles. The number of nitrogens with one attached hydrogen (secondary N) is 1. The Morgan fingerprint density at radius 2 is 1.97 bits per heavy atom. The largest absolute Gasteiger partial charge is 0.343 e. The summed E-state index contributed by atoms with van der Waals surface area (Å²) in [6.45, 7) is 8.36. The number of carbonyl (C=O) groups excluding carboxylic acids is 3. The number of rotatable bonds is 10. The normalized spacial score (nSPS) is 21.1. The first-order chi connectivity index (χ1) is 17.0. The van der Waals surface area contributed by atoms with Crippen molar-refractivity contribution in [3.63, 3.8) is 0 Å². The fourth-order valence-corrected chi connectivity index (χ4v) is 5.99. The highest BCUT2D eigenvalue weighted by Gasteiger charge is 2.57. The molecule has 2 aromatic rings. The van der Waals surface area contributed by atoms with Crippen LogP contribution in [0.3, 0.4) is 0 Å². The van der Waals surface area contributed by atoms with Crippen molar-refractivity contribution in [2.24, 2.45) is 5.92 Å². The second-order valence-electron chi connectivity index (χ2n) is 9.20. The van der Waals surface area contributed by atoms with E-state index < -0.39 is 5.54 Å². The van der Waals surface area contributed by atoms with E-state index in [1.165, 1.54) is 4.90 Å². The maximum Gasteiger partial charge on any atom is 0.325 e. The minimum atomic E-state index is -1.14. The average molecular weight is 498 g/mol. The van der Waals surface area contributed by atoms with Gasteiger partial charge in [-0.25, -0.2) is 4.79 Å². The van der Waals surface area contributed by atoms with Gasteiger partial charge in [0.05, 0.1) is 0 Å². The summed E-state index contributed by atoms with van der Waals surface area (Å²) in [7, 11) is 0. The molecule has 35 heavy (non-hydrogen) atoms. The standard InChI is InChI=1S/C26H35N5O3S/c1-3-29(4-2)14-12-23(32)30-15-9-20(10-16-30)26(21-7-5-13-27-19-21)24(33)31(25(34)28-26)17-11-22-8-6-18-35-22/h5-8,13,18-20H,3-4,9-12,14-17H2,1-2H3,(H,28,34)/t26-/m1/s1. The van der Waals surface area contributed by atoms with Crippen LogP contribution in [0.1, 0.15) is 43.6 Å². The number of hydrogen-bond donors (Lipinski definition) is 1. The van der Waals surface area contributed by atoms with Gasteiger partial charge in [-0.3, -0.25) is 19.5 Å². The molecule has 9 heteroatoms. The van der Waals surface area contributed by atoms with Gasteiger partial charge in [-0.1, -0.05) is 26.0 Å². The Morgan fingerprint density at radius 1 is 1.20 bits per heavy atom. The molecule has 1 atom stereocenters. The summed E-state index contributed by atoms with van der Waals surface area (Å²) < 4.78 is 0. The van der Waals surface area contributed by atoms with Crippen molar-refractivity contribution < 1.29 is 14.4 Å². The molecular weight excluding hydrogens is 462 g/mol. The number of imide groups is 1. The smallest absolute Gasteiger partial charge is 0.325 e. The third kappa shape index (κ3) is 5.26. The van der Waals surface area contributed by atoms with Gasteiger partial charge in [-0.15, -0.1) is 11.3 Å². The van der Waals surface area contributed by atoms with Gasteiger partial charge >= 0.3 is 6.03 Å². The van der Waals surface area contributed by atoms with E-state index >= 15 is 0 Å². The van der Waals surface area contributed by atoms with Crippen molar-refractivity contribution in [1.82, 2.24) is 25.0 Å². The third-order valence-electron chi connectivity index (χ3n) is 7.41. The number of aromatic nitrogens is 1. The highest BCUT2D eigenvalue weighted by molar-refractivity contribution is 7.09. The molecule has 2 fully saturated rings. The molecule has 0 saturated carbocycles. The molecule has 188 valence electrons. The number of thiophene rings is 1. The molecular formula is C26H35N5O3S. The molecule has 2 aliphatic heterocycles. The van der Waals surface area contributed by atoms with E-state index in [1.807, 2.05) is 28.5 Å². The number of carbonyl (C=O) groups is 3. The maximum absolute atomic E-state index is 13.9. The number of amides is 4. The number of piperidine rings is 1. The van der Waals surface area contributed by atoms with Gasteiger partial charge in [0.25, 0.3) is 5.91 Å².